The number of ether oxygens (including phenoxy) is 2. The molecule has 1 saturated heterocycles. The number of carbonyl (C=O) groups excluding carboxylic acids is 1. The minimum absolute atomic E-state index is 0.0257. The van der Waals surface area contributed by atoms with Gasteiger partial charge in [0.05, 0.1) is 19.0 Å². The van der Waals surface area contributed by atoms with Gasteiger partial charge >= 0.3 is 0 Å². The molecule has 1 fully saturated rings. The number of rotatable bonds is 11. The third-order valence-corrected chi connectivity index (χ3v) is 11.9. The second-order valence-electron chi connectivity index (χ2n) is 10.7. The molecule has 3 rings (SSSR count). The lowest BCUT2D eigenvalue weighted by molar-refractivity contribution is -0.155. The zero-order chi connectivity index (χ0) is 26.6. The fourth-order valence-corrected chi connectivity index (χ4v) is 10.2. The Balaban J connectivity index is 2.06. The largest absolute Gasteiger partial charge is 0.405 e. The van der Waals surface area contributed by atoms with E-state index in [0.717, 1.165) is 22.9 Å². The number of hydrogen-bond acceptors (Lipinski definition) is 7. The third kappa shape index (κ3) is 6.70. The Labute approximate surface area is 216 Å². The maximum Gasteiger partial charge on any atom is 0.264 e. The first kappa shape index (κ1) is 28.7. The lowest BCUT2D eigenvalue weighted by Gasteiger charge is -2.44. The maximum absolute atomic E-state index is 12.3. The Kier molecular flexibility index (Phi) is 8.96. The molecule has 2 aromatic rings. The molecule has 36 heavy (non-hydrogen) atoms. The molecule has 0 aliphatic carbocycles. The van der Waals surface area contributed by atoms with E-state index in [9.17, 15) is 13.2 Å². The van der Waals surface area contributed by atoms with Gasteiger partial charge in [-0.3, -0.25) is 4.18 Å². The van der Waals surface area contributed by atoms with E-state index in [1.165, 1.54) is 0 Å². The van der Waals surface area contributed by atoms with E-state index < -0.39 is 42.5 Å². The van der Waals surface area contributed by atoms with E-state index in [-0.39, 0.29) is 18.1 Å². The van der Waals surface area contributed by atoms with Crippen LogP contribution >= 0.6 is 0 Å². The van der Waals surface area contributed by atoms with Gasteiger partial charge in [-0.15, -0.1) is 0 Å². The number of benzene rings is 2. The highest BCUT2D eigenvalue weighted by Gasteiger charge is 2.52. The fraction of sp³-hybridized carbons (Fsp3) is 0.519. The van der Waals surface area contributed by atoms with Crippen LogP contribution in [0.1, 0.15) is 47.5 Å². The average molecular weight is 535 g/mol. The summed E-state index contributed by atoms with van der Waals surface area (Å²) in [6, 6.07) is 20.2. The SMILES string of the molecule is CC1(C)O[C@H]([C@@H](CO[Si](c2ccccc2)(c2ccccc2)C(C)(C)C)OS(C)(=O)=O)[C@H](CCC=O)O1. The Morgan fingerprint density at radius 1 is 1.00 bits per heavy atom. The van der Waals surface area contributed by atoms with Crippen molar-refractivity contribution in [2.24, 2.45) is 0 Å². The standard InChI is InChI=1S/C27H38O7SSi/c1-26(2,3)36(21-14-9-7-10-15-21,22-16-11-8-12-17-22)31-20-24(34-35(6,29)30)25-23(18-13-19-28)32-27(4,5)33-25/h7-12,14-17,19,23-25H,13,18,20H2,1-6H3/t23-,24+,25-/m0/s1. The minimum Gasteiger partial charge on any atom is -0.405 e. The van der Waals surface area contributed by atoms with Crippen LogP contribution in [0.4, 0.5) is 0 Å². The van der Waals surface area contributed by atoms with E-state index in [0.29, 0.717) is 6.42 Å². The first-order valence-corrected chi connectivity index (χ1v) is 15.9. The molecule has 0 amide bonds. The van der Waals surface area contributed by atoms with E-state index in [2.05, 4.69) is 45.0 Å². The quantitative estimate of drug-likeness (QED) is 0.248. The molecule has 7 nitrogen and oxygen atoms in total. The zero-order valence-corrected chi connectivity index (χ0v) is 23.8. The van der Waals surface area contributed by atoms with E-state index >= 15 is 0 Å². The molecule has 198 valence electrons. The van der Waals surface area contributed by atoms with Crippen LogP contribution in [-0.4, -0.2) is 60.0 Å². The van der Waals surface area contributed by atoms with Crippen molar-refractivity contribution in [3.05, 3.63) is 60.7 Å². The highest BCUT2D eigenvalue weighted by atomic mass is 32.2. The van der Waals surface area contributed by atoms with Crippen LogP contribution in [0.2, 0.25) is 5.04 Å². The van der Waals surface area contributed by atoms with Gasteiger partial charge in [0, 0.05) is 6.42 Å². The van der Waals surface area contributed by atoms with Crippen LogP contribution < -0.4 is 10.4 Å². The summed E-state index contributed by atoms with van der Waals surface area (Å²) >= 11 is 0. The Bertz CT molecular complexity index is 1060. The summed E-state index contributed by atoms with van der Waals surface area (Å²) in [7, 11) is -6.79. The molecule has 0 unspecified atom stereocenters. The second-order valence-corrected chi connectivity index (χ2v) is 16.6. The second kappa shape index (κ2) is 11.2. The molecule has 1 aliphatic rings. The van der Waals surface area contributed by atoms with Crippen LogP contribution in [-0.2, 0) is 33.0 Å². The van der Waals surface area contributed by atoms with Crippen molar-refractivity contribution < 1.29 is 31.3 Å². The Morgan fingerprint density at radius 2 is 1.53 bits per heavy atom. The number of carbonyl (C=O) groups is 1. The predicted octanol–water partition coefficient (Wildman–Crippen LogP) is 3.41. The minimum atomic E-state index is -3.84. The molecule has 1 aliphatic heterocycles. The van der Waals surface area contributed by atoms with Crippen molar-refractivity contribution >= 4 is 35.1 Å². The van der Waals surface area contributed by atoms with Crippen molar-refractivity contribution in [3.63, 3.8) is 0 Å². The maximum atomic E-state index is 12.3. The predicted molar refractivity (Wildman–Crippen MR) is 142 cm³/mol. The van der Waals surface area contributed by atoms with Crippen LogP contribution in [0.25, 0.3) is 0 Å². The topological polar surface area (TPSA) is 88.1 Å². The van der Waals surface area contributed by atoms with Gasteiger partial charge in [-0.2, -0.15) is 8.42 Å². The van der Waals surface area contributed by atoms with Gasteiger partial charge in [-0.25, -0.2) is 0 Å². The highest BCUT2D eigenvalue weighted by Crippen LogP contribution is 2.38. The molecule has 9 heteroatoms. The molecule has 0 saturated carbocycles. The number of hydrogen-bond donors (Lipinski definition) is 0. The molecular formula is C27H38O7SSi. The fourth-order valence-electron chi connectivity index (χ4n) is 5.00. The Morgan fingerprint density at radius 3 is 1.97 bits per heavy atom. The molecule has 3 atom stereocenters. The average Bonchev–Trinajstić information content (AvgIpc) is 3.11. The summed E-state index contributed by atoms with van der Waals surface area (Å²) in [6.45, 7) is 9.95. The monoisotopic (exact) mass is 534 g/mol. The zero-order valence-electron chi connectivity index (χ0n) is 22.0. The molecule has 1 heterocycles. The molecule has 0 N–H and O–H groups in total. The van der Waals surface area contributed by atoms with E-state index in [4.69, 9.17) is 18.1 Å². The van der Waals surface area contributed by atoms with Gasteiger partial charge in [0.25, 0.3) is 18.4 Å². The van der Waals surface area contributed by atoms with Crippen molar-refractivity contribution in [1.82, 2.24) is 0 Å². The van der Waals surface area contributed by atoms with Gasteiger partial charge in [-0.1, -0.05) is 81.4 Å². The summed E-state index contributed by atoms with van der Waals surface area (Å²) in [6.07, 6.45) is 0.288. The van der Waals surface area contributed by atoms with Crippen LogP contribution in [0, 0.1) is 0 Å². The lowest BCUT2D eigenvalue weighted by atomic mass is 10.0. The summed E-state index contributed by atoms with van der Waals surface area (Å²) in [5, 5.41) is 1.85. The summed E-state index contributed by atoms with van der Waals surface area (Å²) in [5.74, 6) is -0.950. The molecular weight excluding hydrogens is 496 g/mol. The van der Waals surface area contributed by atoms with Crippen LogP contribution in [0.3, 0.4) is 0 Å². The van der Waals surface area contributed by atoms with Gasteiger partial charge in [-0.05, 0) is 35.7 Å². The molecule has 0 spiro atoms. The van der Waals surface area contributed by atoms with Crippen molar-refractivity contribution in [3.8, 4) is 0 Å². The first-order chi connectivity index (χ1) is 16.8. The number of aldehydes is 1. The summed E-state index contributed by atoms with van der Waals surface area (Å²) < 4.78 is 49.3. The highest BCUT2D eigenvalue weighted by molar-refractivity contribution is 7.86. The smallest absolute Gasteiger partial charge is 0.264 e. The van der Waals surface area contributed by atoms with Crippen LogP contribution in [0.15, 0.2) is 60.7 Å². The van der Waals surface area contributed by atoms with Gasteiger partial charge in [0.15, 0.2) is 5.79 Å². The molecule has 2 aromatic carbocycles. The molecule has 0 bridgehead atoms. The summed E-state index contributed by atoms with van der Waals surface area (Å²) in [4.78, 5) is 11.1. The van der Waals surface area contributed by atoms with Crippen molar-refractivity contribution in [2.75, 3.05) is 12.9 Å². The lowest BCUT2D eigenvalue weighted by Crippen LogP contribution is -2.67. The van der Waals surface area contributed by atoms with Crippen molar-refractivity contribution in [1.29, 1.82) is 0 Å². The van der Waals surface area contributed by atoms with E-state index in [1.54, 1.807) is 13.8 Å². The molecule has 0 radical (unpaired) electrons. The molecule has 0 aromatic heterocycles. The van der Waals surface area contributed by atoms with Crippen molar-refractivity contribution in [2.45, 2.75) is 76.6 Å². The Hall–Kier alpha value is -1.88. The van der Waals surface area contributed by atoms with Gasteiger partial charge in [0.2, 0.25) is 0 Å². The van der Waals surface area contributed by atoms with Gasteiger partial charge < -0.3 is 18.7 Å². The first-order valence-electron chi connectivity index (χ1n) is 12.2. The normalized spacial score (nSPS) is 21.3. The van der Waals surface area contributed by atoms with E-state index in [1.807, 2.05) is 36.4 Å². The van der Waals surface area contributed by atoms with Crippen LogP contribution in [0.5, 0.6) is 0 Å². The third-order valence-electron chi connectivity index (χ3n) is 6.34. The van der Waals surface area contributed by atoms with Gasteiger partial charge in [0.1, 0.15) is 18.5 Å². The summed E-state index contributed by atoms with van der Waals surface area (Å²) in [5.41, 5.74) is 0.